The van der Waals surface area contributed by atoms with E-state index in [0.29, 0.717) is 30.2 Å². The van der Waals surface area contributed by atoms with E-state index in [2.05, 4.69) is 5.32 Å². The van der Waals surface area contributed by atoms with Crippen molar-refractivity contribution >= 4 is 18.3 Å². The van der Waals surface area contributed by atoms with Crippen LogP contribution >= 0.6 is 12.4 Å². The quantitative estimate of drug-likeness (QED) is 0.748. The summed E-state index contributed by atoms with van der Waals surface area (Å²) in [5.74, 6) is 1.04. The second-order valence-corrected chi connectivity index (χ2v) is 3.82. The topological polar surface area (TPSA) is 73.6 Å². The van der Waals surface area contributed by atoms with E-state index in [-0.39, 0.29) is 18.3 Å². The minimum absolute atomic E-state index is 0. The van der Waals surface area contributed by atoms with Crippen LogP contribution in [0.5, 0.6) is 11.5 Å². The fourth-order valence-corrected chi connectivity index (χ4v) is 1.55. The van der Waals surface area contributed by atoms with Crippen LogP contribution in [0.1, 0.15) is 23.2 Å². The van der Waals surface area contributed by atoms with Gasteiger partial charge in [0.25, 0.3) is 5.91 Å². The first-order chi connectivity index (χ1) is 8.72. The normalized spacial score (nSPS) is 9.42. The third-order valence-electron chi connectivity index (χ3n) is 2.56. The van der Waals surface area contributed by atoms with Gasteiger partial charge in [0, 0.05) is 12.1 Å². The lowest BCUT2D eigenvalue weighted by Gasteiger charge is -2.09. The lowest BCUT2D eigenvalue weighted by Crippen LogP contribution is -2.24. The number of benzene rings is 1. The number of methoxy groups -OCH3 is 2. The Labute approximate surface area is 119 Å². The van der Waals surface area contributed by atoms with Crippen LogP contribution in [0.2, 0.25) is 0 Å². The zero-order valence-corrected chi connectivity index (χ0v) is 12.1. The fourth-order valence-electron chi connectivity index (χ4n) is 1.55. The second-order valence-electron chi connectivity index (χ2n) is 3.82. The molecule has 0 spiro atoms. The summed E-state index contributed by atoms with van der Waals surface area (Å²) in [6.45, 7) is 1.27. The minimum Gasteiger partial charge on any atom is -0.493 e. The molecule has 0 heterocycles. The standard InChI is InChI=1S/C13H20N2O3.ClH/c1-17-11-6-5-10(9-12(11)18-2)13(16)15-8-4-3-7-14;/h5-6,9H,3-4,7-8,14H2,1-2H3,(H,15,16);1H. The smallest absolute Gasteiger partial charge is 0.251 e. The zero-order valence-electron chi connectivity index (χ0n) is 11.3. The molecule has 1 amide bonds. The van der Waals surface area contributed by atoms with Crippen LogP contribution in [0, 0.1) is 0 Å². The van der Waals surface area contributed by atoms with Crippen LogP contribution in [0.4, 0.5) is 0 Å². The number of carbonyl (C=O) groups excluding carboxylic acids is 1. The summed E-state index contributed by atoms with van der Waals surface area (Å²) in [7, 11) is 3.10. The molecule has 0 aromatic heterocycles. The molecule has 0 aliphatic rings. The summed E-state index contributed by atoms with van der Waals surface area (Å²) in [4.78, 5) is 11.8. The molecule has 3 N–H and O–H groups in total. The number of ether oxygens (including phenoxy) is 2. The van der Waals surface area contributed by atoms with Crippen molar-refractivity contribution in [2.75, 3.05) is 27.3 Å². The number of rotatable bonds is 7. The second kappa shape index (κ2) is 9.47. The van der Waals surface area contributed by atoms with E-state index in [1.54, 1.807) is 32.4 Å². The monoisotopic (exact) mass is 288 g/mol. The van der Waals surface area contributed by atoms with Gasteiger partial charge in [0.1, 0.15) is 0 Å². The highest BCUT2D eigenvalue weighted by Crippen LogP contribution is 2.27. The van der Waals surface area contributed by atoms with Crippen molar-refractivity contribution in [3.8, 4) is 11.5 Å². The van der Waals surface area contributed by atoms with Crippen LogP contribution in [0.3, 0.4) is 0 Å². The summed E-state index contributed by atoms with van der Waals surface area (Å²) in [6.07, 6.45) is 1.79. The molecule has 0 unspecified atom stereocenters. The van der Waals surface area contributed by atoms with Gasteiger partial charge in [-0.2, -0.15) is 0 Å². The lowest BCUT2D eigenvalue weighted by atomic mass is 10.2. The first kappa shape index (κ1) is 17.5. The Hall–Kier alpha value is -1.46. The first-order valence-corrected chi connectivity index (χ1v) is 5.93. The Morgan fingerprint density at radius 1 is 1.21 bits per heavy atom. The Balaban J connectivity index is 0.00000324. The van der Waals surface area contributed by atoms with Crippen LogP contribution in [-0.2, 0) is 0 Å². The van der Waals surface area contributed by atoms with Crippen molar-refractivity contribution in [3.63, 3.8) is 0 Å². The van der Waals surface area contributed by atoms with Gasteiger partial charge in [-0.15, -0.1) is 12.4 Å². The van der Waals surface area contributed by atoms with Gasteiger partial charge in [-0.25, -0.2) is 0 Å². The number of halogens is 1. The Morgan fingerprint density at radius 3 is 2.47 bits per heavy atom. The summed E-state index contributed by atoms with van der Waals surface area (Å²) >= 11 is 0. The summed E-state index contributed by atoms with van der Waals surface area (Å²) in [5.41, 5.74) is 5.94. The number of nitrogens with two attached hydrogens (primary N) is 1. The van der Waals surface area contributed by atoms with E-state index >= 15 is 0 Å². The average Bonchev–Trinajstić information content (AvgIpc) is 2.42. The van der Waals surface area contributed by atoms with Gasteiger partial charge in [-0.05, 0) is 37.6 Å². The molecule has 0 saturated carbocycles. The van der Waals surface area contributed by atoms with E-state index in [0.717, 1.165) is 12.8 Å². The molecule has 0 atom stereocenters. The Bertz CT molecular complexity index is 399. The maximum absolute atomic E-state index is 11.8. The zero-order chi connectivity index (χ0) is 13.4. The summed E-state index contributed by atoms with van der Waals surface area (Å²) in [5, 5.41) is 2.83. The van der Waals surface area contributed by atoms with Crippen LogP contribution in [0.25, 0.3) is 0 Å². The highest BCUT2D eigenvalue weighted by atomic mass is 35.5. The summed E-state index contributed by atoms with van der Waals surface area (Å²) in [6, 6.07) is 5.09. The largest absolute Gasteiger partial charge is 0.493 e. The molecule has 1 rings (SSSR count). The van der Waals surface area contributed by atoms with Crippen molar-refractivity contribution in [1.29, 1.82) is 0 Å². The molecule has 0 fully saturated rings. The van der Waals surface area contributed by atoms with Crippen LogP contribution < -0.4 is 20.5 Å². The van der Waals surface area contributed by atoms with Gasteiger partial charge >= 0.3 is 0 Å². The van der Waals surface area contributed by atoms with Crippen molar-refractivity contribution in [2.45, 2.75) is 12.8 Å². The number of hydrogen-bond donors (Lipinski definition) is 2. The molecular formula is C13H21ClN2O3. The molecule has 5 nitrogen and oxygen atoms in total. The van der Waals surface area contributed by atoms with Gasteiger partial charge in [-0.1, -0.05) is 0 Å². The molecule has 0 aliphatic heterocycles. The highest BCUT2D eigenvalue weighted by molar-refractivity contribution is 5.94. The van der Waals surface area contributed by atoms with E-state index in [1.165, 1.54) is 0 Å². The molecule has 108 valence electrons. The maximum atomic E-state index is 11.8. The predicted octanol–water partition coefficient (Wildman–Crippen LogP) is 1.59. The van der Waals surface area contributed by atoms with Crippen molar-refractivity contribution in [3.05, 3.63) is 23.8 Å². The Morgan fingerprint density at radius 2 is 1.89 bits per heavy atom. The molecule has 0 radical (unpaired) electrons. The molecule has 0 aliphatic carbocycles. The molecule has 0 bridgehead atoms. The Kier molecular flexibility index (Phi) is 8.74. The lowest BCUT2D eigenvalue weighted by molar-refractivity contribution is 0.0952. The van der Waals surface area contributed by atoms with Gasteiger partial charge in [0.15, 0.2) is 11.5 Å². The SMILES string of the molecule is COc1ccc(C(=O)NCCCCN)cc1OC.Cl. The molecule has 1 aromatic rings. The maximum Gasteiger partial charge on any atom is 0.251 e. The number of hydrogen-bond acceptors (Lipinski definition) is 4. The average molecular weight is 289 g/mol. The van der Waals surface area contributed by atoms with E-state index < -0.39 is 0 Å². The molecule has 6 heteroatoms. The third-order valence-corrected chi connectivity index (χ3v) is 2.56. The molecule has 0 saturated heterocycles. The van der Waals surface area contributed by atoms with E-state index in [4.69, 9.17) is 15.2 Å². The molecular weight excluding hydrogens is 268 g/mol. The summed E-state index contributed by atoms with van der Waals surface area (Å²) < 4.78 is 10.3. The van der Waals surface area contributed by atoms with Crippen molar-refractivity contribution in [1.82, 2.24) is 5.32 Å². The fraction of sp³-hybridized carbons (Fsp3) is 0.462. The van der Waals surface area contributed by atoms with Gasteiger partial charge in [-0.3, -0.25) is 4.79 Å². The predicted molar refractivity (Wildman–Crippen MR) is 77.4 cm³/mol. The minimum atomic E-state index is -0.118. The van der Waals surface area contributed by atoms with Gasteiger partial charge < -0.3 is 20.5 Å². The third kappa shape index (κ3) is 5.36. The van der Waals surface area contributed by atoms with Crippen molar-refractivity contribution < 1.29 is 14.3 Å². The number of carbonyl (C=O) groups is 1. The van der Waals surface area contributed by atoms with Crippen LogP contribution in [-0.4, -0.2) is 33.2 Å². The highest BCUT2D eigenvalue weighted by Gasteiger charge is 2.09. The van der Waals surface area contributed by atoms with Crippen LogP contribution in [0.15, 0.2) is 18.2 Å². The molecule has 19 heavy (non-hydrogen) atoms. The van der Waals surface area contributed by atoms with E-state index in [9.17, 15) is 4.79 Å². The van der Waals surface area contributed by atoms with Gasteiger partial charge in [0.2, 0.25) is 0 Å². The van der Waals surface area contributed by atoms with E-state index in [1.807, 2.05) is 0 Å². The van der Waals surface area contributed by atoms with Crippen molar-refractivity contribution in [2.24, 2.45) is 5.73 Å². The number of unbranched alkanes of at least 4 members (excludes halogenated alkanes) is 1. The number of nitrogens with one attached hydrogen (secondary N) is 1. The first-order valence-electron chi connectivity index (χ1n) is 5.93. The number of amides is 1. The van der Waals surface area contributed by atoms with Gasteiger partial charge in [0.05, 0.1) is 14.2 Å². The molecule has 1 aromatic carbocycles.